The molecule has 1 N–H and O–H groups in total. The highest BCUT2D eigenvalue weighted by Gasteiger charge is 2.21. The van der Waals surface area contributed by atoms with Gasteiger partial charge in [0.1, 0.15) is 0 Å². The van der Waals surface area contributed by atoms with Gasteiger partial charge in [-0.15, -0.1) is 0 Å². The van der Waals surface area contributed by atoms with Crippen LogP contribution in [-0.2, 0) is 6.42 Å². The molecule has 0 amide bonds. The summed E-state index contributed by atoms with van der Waals surface area (Å²) in [5.41, 5.74) is 1.44. The van der Waals surface area contributed by atoms with Crippen LogP contribution >= 0.6 is 15.9 Å². The number of aryl methyl sites for hydroxylation is 1. The molecule has 2 heteroatoms. The molecule has 0 bridgehead atoms. The molecule has 0 spiro atoms. The highest BCUT2D eigenvalue weighted by atomic mass is 79.9. The number of benzene rings is 1. The molecule has 2 atom stereocenters. The van der Waals surface area contributed by atoms with Crippen molar-refractivity contribution in [3.8, 4) is 0 Å². The third-order valence-electron chi connectivity index (χ3n) is 3.35. The lowest BCUT2D eigenvalue weighted by Crippen LogP contribution is -2.26. The topological polar surface area (TPSA) is 12.0 Å². The first kappa shape index (κ1) is 11.2. The van der Waals surface area contributed by atoms with E-state index >= 15 is 0 Å². The molecule has 1 aromatic carbocycles. The maximum absolute atomic E-state index is 3.58. The standard InChI is InChI=1S/C13H18BrN/c1-10-8-9-15-13(10)7-4-11-2-5-12(14)6-3-11/h2-3,5-6,10,13,15H,4,7-9H2,1H3. The van der Waals surface area contributed by atoms with Gasteiger partial charge in [-0.05, 0) is 49.4 Å². The second-order valence-corrected chi connectivity index (χ2v) is 5.41. The van der Waals surface area contributed by atoms with Crippen LogP contribution in [0.2, 0.25) is 0 Å². The molecule has 0 radical (unpaired) electrons. The van der Waals surface area contributed by atoms with Gasteiger partial charge in [0, 0.05) is 10.5 Å². The van der Waals surface area contributed by atoms with E-state index in [1.54, 1.807) is 0 Å². The first-order valence-electron chi connectivity index (χ1n) is 5.73. The van der Waals surface area contributed by atoms with Crippen molar-refractivity contribution in [2.75, 3.05) is 6.54 Å². The second-order valence-electron chi connectivity index (χ2n) is 4.49. The van der Waals surface area contributed by atoms with Gasteiger partial charge in [0.15, 0.2) is 0 Å². The maximum Gasteiger partial charge on any atom is 0.0175 e. The average molecular weight is 268 g/mol. The van der Waals surface area contributed by atoms with Crippen LogP contribution in [0.15, 0.2) is 28.7 Å². The molecule has 0 saturated carbocycles. The summed E-state index contributed by atoms with van der Waals surface area (Å²) in [5, 5.41) is 3.58. The molecule has 82 valence electrons. The normalized spacial score (nSPS) is 25.7. The third kappa shape index (κ3) is 3.05. The van der Waals surface area contributed by atoms with Gasteiger partial charge in [-0.1, -0.05) is 35.0 Å². The van der Waals surface area contributed by atoms with Crippen LogP contribution in [0, 0.1) is 5.92 Å². The first-order chi connectivity index (χ1) is 7.25. The maximum atomic E-state index is 3.58. The Bertz CT molecular complexity index is 307. The summed E-state index contributed by atoms with van der Waals surface area (Å²) in [7, 11) is 0. The Hall–Kier alpha value is -0.340. The minimum Gasteiger partial charge on any atom is -0.314 e. The minimum atomic E-state index is 0.730. The zero-order valence-electron chi connectivity index (χ0n) is 9.17. The summed E-state index contributed by atoms with van der Waals surface area (Å²) in [6, 6.07) is 9.41. The van der Waals surface area contributed by atoms with Gasteiger partial charge in [-0.25, -0.2) is 0 Å². The summed E-state index contributed by atoms with van der Waals surface area (Å²) in [5.74, 6) is 0.848. The van der Waals surface area contributed by atoms with E-state index in [1.165, 1.54) is 35.8 Å². The molecule has 15 heavy (non-hydrogen) atoms. The van der Waals surface area contributed by atoms with E-state index in [0.29, 0.717) is 0 Å². The number of hydrogen-bond donors (Lipinski definition) is 1. The SMILES string of the molecule is CC1CCNC1CCc1ccc(Br)cc1. The zero-order valence-corrected chi connectivity index (χ0v) is 10.8. The first-order valence-corrected chi connectivity index (χ1v) is 6.53. The fourth-order valence-corrected chi connectivity index (χ4v) is 2.52. The van der Waals surface area contributed by atoms with Crippen molar-refractivity contribution < 1.29 is 0 Å². The van der Waals surface area contributed by atoms with Crippen LogP contribution in [0.4, 0.5) is 0 Å². The van der Waals surface area contributed by atoms with Crippen molar-refractivity contribution in [2.45, 2.75) is 32.2 Å². The lowest BCUT2D eigenvalue weighted by Gasteiger charge is -2.15. The molecule has 1 nitrogen and oxygen atoms in total. The van der Waals surface area contributed by atoms with Crippen LogP contribution in [0.5, 0.6) is 0 Å². The number of rotatable bonds is 3. The van der Waals surface area contributed by atoms with Crippen molar-refractivity contribution in [3.05, 3.63) is 34.3 Å². The molecule has 1 aliphatic rings. The van der Waals surface area contributed by atoms with E-state index in [4.69, 9.17) is 0 Å². The van der Waals surface area contributed by atoms with E-state index in [0.717, 1.165) is 12.0 Å². The lowest BCUT2D eigenvalue weighted by atomic mass is 9.97. The molecule has 2 unspecified atom stereocenters. The number of halogens is 1. The lowest BCUT2D eigenvalue weighted by molar-refractivity contribution is 0.453. The van der Waals surface area contributed by atoms with Crippen molar-refractivity contribution >= 4 is 15.9 Å². The Morgan fingerprint density at radius 2 is 2.07 bits per heavy atom. The Morgan fingerprint density at radius 1 is 1.33 bits per heavy atom. The fraction of sp³-hybridized carbons (Fsp3) is 0.538. The summed E-state index contributed by atoms with van der Waals surface area (Å²) >= 11 is 3.46. The number of hydrogen-bond acceptors (Lipinski definition) is 1. The van der Waals surface area contributed by atoms with Gasteiger partial charge in [0.05, 0.1) is 0 Å². The van der Waals surface area contributed by atoms with Crippen LogP contribution in [0.1, 0.15) is 25.3 Å². The Balaban J connectivity index is 1.85. The Morgan fingerprint density at radius 3 is 2.67 bits per heavy atom. The van der Waals surface area contributed by atoms with E-state index < -0.39 is 0 Å². The third-order valence-corrected chi connectivity index (χ3v) is 3.88. The van der Waals surface area contributed by atoms with Crippen molar-refractivity contribution in [2.24, 2.45) is 5.92 Å². The Labute approximate surface area is 100 Å². The summed E-state index contributed by atoms with van der Waals surface area (Å²) in [4.78, 5) is 0. The molecule has 0 aliphatic carbocycles. The van der Waals surface area contributed by atoms with Gasteiger partial charge in [0.25, 0.3) is 0 Å². The minimum absolute atomic E-state index is 0.730. The van der Waals surface area contributed by atoms with Crippen molar-refractivity contribution in [1.82, 2.24) is 5.32 Å². The molecule has 1 fully saturated rings. The van der Waals surface area contributed by atoms with Crippen LogP contribution < -0.4 is 5.32 Å². The monoisotopic (exact) mass is 267 g/mol. The van der Waals surface area contributed by atoms with Crippen LogP contribution in [0.25, 0.3) is 0 Å². The van der Waals surface area contributed by atoms with Crippen molar-refractivity contribution in [3.63, 3.8) is 0 Å². The van der Waals surface area contributed by atoms with E-state index in [2.05, 4.69) is 52.4 Å². The van der Waals surface area contributed by atoms with Crippen LogP contribution in [-0.4, -0.2) is 12.6 Å². The molecule has 0 aromatic heterocycles. The molecular formula is C13H18BrN. The zero-order chi connectivity index (χ0) is 10.7. The highest BCUT2D eigenvalue weighted by Crippen LogP contribution is 2.19. The molecular weight excluding hydrogens is 250 g/mol. The smallest absolute Gasteiger partial charge is 0.0175 e. The van der Waals surface area contributed by atoms with Gasteiger partial charge < -0.3 is 5.32 Å². The molecule has 1 heterocycles. The van der Waals surface area contributed by atoms with E-state index in [-0.39, 0.29) is 0 Å². The second kappa shape index (κ2) is 5.13. The van der Waals surface area contributed by atoms with Crippen molar-refractivity contribution in [1.29, 1.82) is 0 Å². The highest BCUT2D eigenvalue weighted by molar-refractivity contribution is 9.10. The summed E-state index contributed by atoms with van der Waals surface area (Å²) < 4.78 is 1.17. The molecule has 1 aromatic rings. The van der Waals surface area contributed by atoms with Gasteiger partial charge >= 0.3 is 0 Å². The van der Waals surface area contributed by atoms with Gasteiger partial charge in [0.2, 0.25) is 0 Å². The summed E-state index contributed by atoms with van der Waals surface area (Å²) in [6.45, 7) is 3.55. The fourth-order valence-electron chi connectivity index (χ4n) is 2.26. The molecule has 2 rings (SSSR count). The predicted octanol–water partition coefficient (Wildman–Crippen LogP) is 3.38. The van der Waals surface area contributed by atoms with Gasteiger partial charge in [-0.2, -0.15) is 0 Å². The van der Waals surface area contributed by atoms with E-state index in [1.807, 2.05) is 0 Å². The molecule has 1 aliphatic heterocycles. The summed E-state index contributed by atoms with van der Waals surface area (Å²) in [6.07, 6.45) is 3.79. The van der Waals surface area contributed by atoms with Crippen LogP contribution in [0.3, 0.4) is 0 Å². The number of nitrogens with one attached hydrogen (secondary N) is 1. The Kier molecular flexibility index (Phi) is 3.81. The molecule has 1 saturated heterocycles. The van der Waals surface area contributed by atoms with E-state index in [9.17, 15) is 0 Å². The quantitative estimate of drug-likeness (QED) is 0.886. The average Bonchev–Trinajstić information content (AvgIpc) is 2.63. The predicted molar refractivity (Wildman–Crippen MR) is 68.0 cm³/mol. The van der Waals surface area contributed by atoms with Gasteiger partial charge in [-0.3, -0.25) is 0 Å². The largest absolute Gasteiger partial charge is 0.314 e.